The minimum absolute atomic E-state index is 0.0894. The van der Waals surface area contributed by atoms with Gasteiger partial charge in [0.05, 0.1) is 0 Å². The van der Waals surface area contributed by atoms with Crippen molar-refractivity contribution in [2.75, 3.05) is 13.1 Å². The third-order valence-electron chi connectivity index (χ3n) is 4.32. The molecule has 0 unspecified atom stereocenters. The van der Waals surface area contributed by atoms with Crippen molar-refractivity contribution in [2.45, 2.75) is 25.4 Å². The molecule has 1 aromatic carbocycles. The number of nitrogens with zero attached hydrogens (tertiary/aromatic N) is 2. The minimum Gasteiger partial charge on any atom is -0.349 e. The summed E-state index contributed by atoms with van der Waals surface area (Å²) in [5, 5.41) is 3.04. The molecule has 0 spiro atoms. The molecule has 2 aromatic rings. The van der Waals surface area contributed by atoms with Gasteiger partial charge in [-0.05, 0) is 43.2 Å². The van der Waals surface area contributed by atoms with Gasteiger partial charge in [-0.2, -0.15) is 0 Å². The zero-order valence-corrected chi connectivity index (χ0v) is 14.1. The first-order valence-electron chi connectivity index (χ1n) is 8.55. The van der Waals surface area contributed by atoms with Gasteiger partial charge in [-0.1, -0.05) is 24.3 Å². The van der Waals surface area contributed by atoms with Crippen LogP contribution in [0.25, 0.3) is 6.08 Å². The molecule has 1 aliphatic rings. The van der Waals surface area contributed by atoms with Gasteiger partial charge in [0.2, 0.25) is 5.91 Å². The Balaban J connectivity index is 1.52. The lowest BCUT2D eigenvalue weighted by Crippen LogP contribution is -2.47. The molecule has 1 N–H and O–H groups in total. The molecule has 0 aliphatic carbocycles. The van der Waals surface area contributed by atoms with Crippen molar-refractivity contribution in [1.82, 2.24) is 15.2 Å². The Morgan fingerprint density at radius 1 is 1.32 bits per heavy atom. The Morgan fingerprint density at radius 2 is 2.20 bits per heavy atom. The van der Waals surface area contributed by atoms with Gasteiger partial charge in [-0.3, -0.25) is 14.7 Å². The van der Waals surface area contributed by atoms with Crippen molar-refractivity contribution in [1.29, 1.82) is 0 Å². The number of piperidine rings is 1. The first-order valence-corrected chi connectivity index (χ1v) is 8.55. The highest BCUT2D eigenvalue weighted by atomic mass is 19.1. The molecule has 1 aliphatic heterocycles. The van der Waals surface area contributed by atoms with Gasteiger partial charge >= 0.3 is 0 Å². The Labute approximate surface area is 147 Å². The van der Waals surface area contributed by atoms with Crippen molar-refractivity contribution in [3.05, 3.63) is 71.8 Å². The fourth-order valence-corrected chi connectivity index (χ4v) is 3.08. The molecule has 1 atom stereocenters. The van der Waals surface area contributed by atoms with E-state index in [0.29, 0.717) is 12.1 Å². The average molecular weight is 339 g/mol. The Bertz CT molecular complexity index is 733. The van der Waals surface area contributed by atoms with E-state index in [1.165, 1.54) is 12.1 Å². The summed E-state index contributed by atoms with van der Waals surface area (Å²) in [6.45, 7) is 2.23. The van der Waals surface area contributed by atoms with Crippen LogP contribution in [0.5, 0.6) is 0 Å². The van der Waals surface area contributed by atoms with Crippen LogP contribution in [0.2, 0.25) is 0 Å². The van der Waals surface area contributed by atoms with Gasteiger partial charge in [0, 0.05) is 43.2 Å². The van der Waals surface area contributed by atoms with Crippen LogP contribution in [0.3, 0.4) is 0 Å². The van der Waals surface area contributed by atoms with Crippen LogP contribution in [0, 0.1) is 5.82 Å². The van der Waals surface area contributed by atoms with Gasteiger partial charge in [0.1, 0.15) is 5.82 Å². The van der Waals surface area contributed by atoms with Crippen molar-refractivity contribution < 1.29 is 9.18 Å². The summed E-state index contributed by atoms with van der Waals surface area (Å²) in [6.07, 6.45) is 8.63. The number of halogens is 1. The summed E-state index contributed by atoms with van der Waals surface area (Å²) in [7, 11) is 0. The minimum atomic E-state index is -0.173. The largest absolute Gasteiger partial charge is 0.349 e. The molecular weight excluding hydrogens is 317 g/mol. The second kappa shape index (κ2) is 8.53. The molecule has 0 saturated carbocycles. The van der Waals surface area contributed by atoms with E-state index in [1.54, 1.807) is 24.5 Å². The highest BCUT2D eigenvalue weighted by Crippen LogP contribution is 2.15. The van der Waals surface area contributed by atoms with Crippen LogP contribution in [-0.2, 0) is 11.3 Å². The van der Waals surface area contributed by atoms with E-state index >= 15 is 0 Å². The van der Waals surface area contributed by atoms with E-state index in [9.17, 15) is 9.18 Å². The predicted molar refractivity (Wildman–Crippen MR) is 96.1 cm³/mol. The molecule has 0 bridgehead atoms. The number of carbonyl (C=O) groups is 1. The number of rotatable bonds is 5. The summed E-state index contributed by atoms with van der Waals surface area (Å²) in [5.41, 5.74) is 1.59. The number of likely N-dealkylation sites (tertiary alicyclic amines) is 1. The summed E-state index contributed by atoms with van der Waals surface area (Å²) in [5.74, 6) is -0.283. The number of aromatic nitrogens is 1. The topological polar surface area (TPSA) is 45.2 Å². The summed E-state index contributed by atoms with van der Waals surface area (Å²) in [6, 6.07) is 10.7. The molecule has 2 heterocycles. The second-order valence-corrected chi connectivity index (χ2v) is 6.29. The standard InChI is InChI=1S/C20H22FN3O/c21-19-8-2-1-6-17(19)14-24-12-4-7-18(15-24)23-20(25)10-9-16-5-3-11-22-13-16/h1-3,5-6,8-11,13,18H,4,7,12,14-15H2,(H,23,25)/b10-9+/t18-/m1/s1. The van der Waals surface area contributed by atoms with Crippen LogP contribution in [0.1, 0.15) is 24.0 Å². The lowest BCUT2D eigenvalue weighted by atomic mass is 10.0. The molecule has 25 heavy (non-hydrogen) atoms. The SMILES string of the molecule is O=C(/C=C/c1cccnc1)N[C@@H]1CCCN(Cc2ccccc2F)C1. The smallest absolute Gasteiger partial charge is 0.244 e. The van der Waals surface area contributed by atoms with Gasteiger partial charge in [0.25, 0.3) is 0 Å². The van der Waals surface area contributed by atoms with Crippen molar-refractivity contribution in [3.63, 3.8) is 0 Å². The lowest BCUT2D eigenvalue weighted by Gasteiger charge is -2.33. The van der Waals surface area contributed by atoms with Crippen LogP contribution in [0.15, 0.2) is 54.9 Å². The molecule has 1 fully saturated rings. The molecule has 1 amide bonds. The maximum absolute atomic E-state index is 13.8. The number of pyridine rings is 1. The number of amides is 1. The molecule has 5 heteroatoms. The average Bonchev–Trinajstić information content (AvgIpc) is 2.63. The third-order valence-corrected chi connectivity index (χ3v) is 4.32. The Morgan fingerprint density at radius 3 is 3.00 bits per heavy atom. The maximum Gasteiger partial charge on any atom is 0.244 e. The first-order chi connectivity index (χ1) is 12.2. The summed E-state index contributed by atoms with van der Waals surface area (Å²) >= 11 is 0. The fraction of sp³-hybridized carbons (Fsp3) is 0.300. The number of hydrogen-bond donors (Lipinski definition) is 1. The van der Waals surface area contributed by atoms with Gasteiger partial charge in [-0.15, -0.1) is 0 Å². The fourth-order valence-electron chi connectivity index (χ4n) is 3.08. The summed E-state index contributed by atoms with van der Waals surface area (Å²) in [4.78, 5) is 18.3. The van der Waals surface area contributed by atoms with Crippen LogP contribution in [-0.4, -0.2) is 34.9 Å². The Hall–Kier alpha value is -2.53. The van der Waals surface area contributed by atoms with Crippen molar-refractivity contribution in [2.24, 2.45) is 0 Å². The highest BCUT2D eigenvalue weighted by Gasteiger charge is 2.21. The predicted octanol–water partition coefficient (Wildman–Crippen LogP) is 3.01. The monoisotopic (exact) mass is 339 g/mol. The quantitative estimate of drug-likeness (QED) is 0.852. The van der Waals surface area contributed by atoms with Crippen LogP contribution in [0.4, 0.5) is 4.39 Å². The zero-order valence-electron chi connectivity index (χ0n) is 14.1. The maximum atomic E-state index is 13.8. The lowest BCUT2D eigenvalue weighted by molar-refractivity contribution is -0.117. The van der Waals surface area contributed by atoms with Crippen molar-refractivity contribution >= 4 is 12.0 Å². The first kappa shape index (κ1) is 17.3. The number of hydrogen-bond acceptors (Lipinski definition) is 3. The molecule has 1 saturated heterocycles. The van der Waals surface area contributed by atoms with E-state index in [0.717, 1.165) is 31.5 Å². The molecular formula is C20H22FN3O. The molecule has 130 valence electrons. The van der Waals surface area contributed by atoms with E-state index in [-0.39, 0.29) is 17.8 Å². The van der Waals surface area contributed by atoms with E-state index < -0.39 is 0 Å². The second-order valence-electron chi connectivity index (χ2n) is 6.29. The van der Waals surface area contributed by atoms with Gasteiger partial charge in [-0.25, -0.2) is 4.39 Å². The van der Waals surface area contributed by atoms with Gasteiger partial charge in [0.15, 0.2) is 0 Å². The summed E-state index contributed by atoms with van der Waals surface area (Å²) < 4.78 is 13.8. The third kappa shape index (κ3) is 5.22. The Kier molecular flexibility index (Phi) is 5.90. The van der Waals surface area contributed by atoms with E-state index in [2.05, 4.69) is 15.2 Å². The van der Waals surface area contributed by atoms with E-state index in [4.69, 9.17) is 0 Å². The highest BCUT2D eigenvalue weighted by molar-refractivity contribution is 5.91. The van der Waals surface area contributed by atoms with Crippen molar-refractivity contribution in [3.8, 4) is 0 Å². The molecule has 3 rings (SSSR count). The molecule has 0 radical (unpaired) electrons. The number of nitrogens with one attached hydrogen (secondary N) is 1. The number of benzene rings is 1. The van der Waals surface area contributed by atoms with E-state index in [1.807, 2.05) is 24.3 Å². The van der Waals surface area contributed by atoms with Crippen LogP contribution < -0.4 is 5.32 Å². The van der Waals surface area contributed by atoms with Gasteiger partial charge < -0.3 is 5.32 Å². The normalized spacial score (nSPS) is 18.4. The molecule has 1 aromatic heterocycles. The number of carbonyl (C=O) groups excluding carboxylic acids is 1. The van der Waals surface area contributed by atoms with Crippen LogP contribution >= 0.6 is 0 Å². The molecule has 4 nitrogen and oxygen atoms in total. The zero-order chi connectivity index (χ0) is 17.5.